The van der Waals surface area contributed by atoms with Crippen molar-refractivity contribution in [1.82, 2.24) is 5.32 Å². The van der Waals surface area contributed by atoms with Gasteiger partial charge < -0.3 is 10.4 Å². The van der Waals surface area contributed by atoms with E-state index in [0.717, 1.165) is 29.3 Å². The van der Waals surface area contributed by atoms with Crippen molar-refractivity contribution < 1.29 is 9.90 Å². The predicted molar refractivity (Wildman–Crippen MR) is 93.7 cm³/mol. The van der Waals surface area contributed by atoms with Crippen LogP contribution in [0.1, 0.15) is 49.9 Å². The van der Waals surface area contributed by atoms with Gasteiger partial charge in [-0.05, 0) is 71.9 Å². The van der Waals surface area contributed by atoms with Gasteiger partial charge in [0.05, 0.1) is 11.2 Å². The van der Waals surface area contributed by atoms with Crippen molar-refractivity contribution in [3.05, 3.63) is 32.4 Å². The lowest BCUT2D eigenvalue weighted by molar-refractivity contribution is -0.0233. The standard InChI is InChI=1S/C16H21ClINO2/c1-15(2)5-7-16(21,8-6-15)10-19-14(20)12-9-11(17)3-4-13(12)18/h3-4,9,21H,5-8,10H2,1-2H3,(H,19,20). The first kappa shape index (κ1) is 17.0. The van der Waals surface area contributed by atoms with Crippen LogP contribution < -0.4 is 5.32 Å². The highest BCUT2D eigenvalue weighted by Gasteiger charge is 2.36. The number of benzene rings is 1. The molecule has 0 saturated heterocycles. The lowest BCUT2D eigenvalue weighted by Gasteiger charge is -2.40. The number of hydrogen-bond donors (Lipinski definition) is 2. The summed E-state index contributed by atoms with van der Waals surface area (Å²) in [5.41, 5.74) is 0.0659. The van der Waals surface area contributed by atoms with Gasteiger partial charge in [-0.25, -0.2) is 0 Å². The van der Waals surface area contributed by atoms with Gasteiger partial charge >= 0.3 is 0 Å². The third-order valence-electron chi connectivity index (χ3n) is 4.29. The average molecular weight is 422 g/mol. The van der Waals surface area contributed by atoms with Crippen LogP contribution in [0.15, 0.2) is 18.2 Å². The maximum atomic E-state index is 12.2. The summed E-state index contributed by atoms with van der Waals surface area (Å²) in [7, 11) is 0. The zero-order chi connectivity index (χ0) is 15.7. The molecule has 1 fully saturated rings. The summed E-state index contributed by atoms with van der Waals surface area (Å²) in [5, 5.41) is 14.0. The van der Waals surface area contributed by atoms with E-state index in [0.29, 0.717) is 22.5 Å². The summed E-state index contributed by atoms with van der Waals surface area (Å²) >= 11 is 8.05. The van der Waals surface area contributed by atoms with Crippen molar-refractivity contribution in [2.75, 3.05) is 6.54 Å². The molecule has 116 valence electrons. The zero-order valence-electron chi connectivity index (χ0n) is 12.4. The number of hydrogen-bond acceptors (Lipinski definition) is 2. The Hall–Kier alpha value is -0.330. The molecule has 5 heteroatoms. The molecule has 1 aliphatic carbocycles. The van der Waals surface area contributed by atoms with Crippen LogP contribution in [0, 0.1) is 8.99 Å². The predicted octanol–water partition coefficient (Wildman–Crippen LogP) is 4.01. The van der Waals surface area contributed by atoms with E-state index in [1.807, 2.05) is 6.07 Å². The lowest BCUT2D eigenvalue weighted by Crippen LogP contribution is -2.46. The van der Waals surface area contributed by atoms with Gasteiger partial charge in [-0.3, -0.25) is 4.79 Å². The molecule has 0 aliphatic heterocycles. The first-order valence-electron chi connectivity index (χ1n) is 7.17. The molecule has 1 amide bonds. The third-order valence-corrected chi connectivity index (χ3v) is 5.46. The van der Waals surface area contributed by atoms with Gasteiger partial charge in [-0.15, -0.1) is 0 Å². The van der Waals surface area contributed by atoms with Crippen LogP contribution in [0.4, 0.5) is 0 Å². The van der Waals surface area contributed by atoms with E-state index in [2.05, 4.69) is 41.8 Å². The molecule has 0 radical (unpaired) electrons. The molecule has 0 unspecified atom stereocenters. The van der Waals surface area contributed by atoms with Crippen molar-refractivity contribution in [2.24, 2.45) is 5.41 Å². The van der Waals surface area contributed by atoms with Gasteiger partial charge in [0.1, 0.15) is 0 Å². The molecule has 1 aromatic carbocycles. The van der Waals surface area contributed by atoms with Crippen LogP contribution in [0.5, 0.6) is 0 Å². The highest BCUT2D eigenvalue weighted by molar-refractivity contribution is 14.1. The first-order valence-corrected chi connectivity index (χ1v) is 8.62. The van der Waals surface area contributed by atoms with E-state index in [9.17, 15) is 9.90 Å². The second-order valence-electron chi connectivity index (χ2n) is 6.70. The molecule has 0 bridgehead atoms. The Morgan fingerprint density at radius 1 is 1.33 bits per heavy atom. The highest BCUT2D eigenvalue weighted by atomic mass is 127. The van der Waals surface area contributed by atoms with Gasteiger partial charge in [0, 0.05) is 15.1 Å². The Labute approximate surface area is 144 Å². The third kappa shape index (κ3) is 4.57. The van der Waals surface area contributed by atoms with Crippen molar-refractivity contribution in [1.29, 1.82) is 0 Å². The Kier molecular flexibility index (Phi) is 5.21. The Bertz CT molecular complexity index is 535. The fourth-order valence-corrected chi connectivity index (χ4v) is 3.33. The van der Waals surface area contributed by atoms with E-state index in [1.165, 1.54) is 0 Å². The second-order valence-corrected chi connectivity index (χ2v) is 8.29. The normalized spacial score (nSPS) is 20.0. The molecule has 2 N–H and O–H groups in total. The molecule has 0 spiro atoms. The summed E-state index contributed by atoms with van der Waals surface area (Å²) in [6.45, 7) is 4.74. The smallest absolute Gasteiger partial charge is 0.252 e. The van der Waals surface area contributed by atoms with Crippen molar-refractivity contribution >= 4 is 40.1 Å². The highest BCUT2D eigenvalue weighted by Crippen LogP contribution is 2.39. The molecular weight excluding hydrogens is 401 g/mol. The van der Waals surface area contributed by atoms with E-state index < -0.39 is 5.60 Å². The fraction of sp³-hybridized carbons (Fsp3) is 0.562. The van der Waals surface area contributed by atoms with Crippen LogP contribution >= 0.6 is 34.2 Å². The van der Waals surface area contributed by atoms with Crippen LogP contribution in [0.2, 0.25) is 5.02 Å². The van der Waals surface area contributed by atoms with Gasteiger partial charge in [0.2, 0.25) is 0 Å². The molecule has 2 rings (SSSR count). The van der Waals surface area contributed by atoms with Crippen LogP contribution in [0.25, 0.3) is 0 Å². The molecule has 0 heterocycles. The van der Waals surface area contributed by atoms with Crippen molar-refractivity contribution in [3.8, 4) is 0 Å². The molecule has 3 nitrogen and oxygen atoms in total. The number of carbonyl (C=O) groups excluding carboxylic acids is 1. The molecule has 1 saturated carbocycles. The zero-order valence-corrected chi connectivity index (χ0v) is 15.3. The number of rotatable bonds is 3. The monoisotopic (exact) mass is 421 g/mol. The van der Waals surface area contributed by atoms with Gasteiger partial charge in [-0.2, -0.15) is 0 Å². The minimum absolute atomic E-state index is 0.180. The van der Waals surface area contributed by atoms with E-state index in [4.69, 9.17) is 11.6 Å². The lowest BCUT2D eigenvalue weighted by atomic mass is 9.71. The Morgan fingerprint density at radius 3 is 2.57 bits per heavy atom. The van der Waals surface area contributed by atoms with E-state index in [-0.39, 0.29) is 5.91 Å². The summed E-state index contributed by atoms with van der Waals surface area (Å²) < 4.78 is 0.853. The molecule has 21 heavy (non-hydrogen) atoms. The fourth-order valence-electron chi connectivity index (χ4n) is 2.58. The van der Waals surface area contributed by atoms with Gasteiger partial charge in [0.25, 0.3) is 5.91 Å². The number of halogens is 2. The van der Waals surface area contributed by atoms with Crippen molar-refractivity contribution in [3.63, 3.8) is 0 Å². The summed E-state index contributed by atoms with van der Waals surface area (Å²) in [6.07, 6.45) is 3.42. The summed E-state index contributed by atoms with van der Waals surface area (Å²) in [4.78, 5) is 12.2. The Balaban J connectivity index is 1.97. The number of aliphatic hydroxyl groups is 1. The SMILES string of the molecule is CC1(C)CCC(O)(CNC(=O)c2cc(Cl)ccc2I)CC1. The minimum atomic E-state index is -0.783. The van der Waals surface area contributed by atoms with E-state index in [1.54, 1.807) is 12.1 Å². The molecule has 0 aromatic heterocycles. The number of amides is 1. The van der Waals surface area contributed by atoms with E-state index >= 15 is 0 Å². The Morgan fingerprint density at radius 2 is 1.95 bits per heavy atom. The number of carbonyl (C=O) groups is 1. The van der Waals surface area contributed by atoms with Gasteiger partial charge in [-0.1, -0.05) is 25.4 Å². The van der Waals surface area contributed by atoms with Crippen molar-refractivity contribution in [2.45, 2.75) is 45.1 Å². The first-order chi connectivity index (χ1) is 9.71. The molecular formula is C16H21ClINO2. The average Bonchev–Trinajstić information content (AvgIpc) is 2.43. The minimum Gasteiger partial charge on any atom is -0.388 e. The van der Waals surface area contributed by atoms with Crippen LogP contribution in [-0.2, 0) is 0 Å². The molecule has 1 aromatic rings. The summed E-state index contributed by atoms with van der Waals surface area (Å²) in [6, 6.07) is 5.24. The number of nitrogens with one attached hydrogen (secondary N) is 1. The second kappa shape index (κ2) is 6.42. The van der Waals surface area contributed by atoms with Crippen LogP contribution in [-0.4, -0.2) is 23.2 Å². The quantitative estimate of drug-likeness (QED) is 0.725. The summed E-state index contributed by atoms with van der Waals surface area (Å²) in [5.74, 6) is -0.180. The van der Waals surface area contributed by atoms with Gasteiger partial charge in [0.15, 0.2) is 0 Å². The maximum absolute atomic E-state index is 12.2. The van der Waals surface area contributed by atoms with Crippen LogP contribution in [0.3, 0.4) is 0 Å². The largest absolute Gasteiger partial charge is 0.388 e. The topological polar surface area (TPSA) is 49.3 Å². The molecule has 1 aliphatic rings. The maximum Gasteiger partial charge on any atom is 0.252 e. The molecule has 0 atom stereocenters.